The first-order valence-corrected chi connectivity index (χ1v) is 10.4. The quantitative estimate of drug-likeness (QED) is 0.445. The molecule has 0 fully saturated rings. The third-order valence-electron chi connectivity index (χ3n) is 5.37. The summed E-state index contributed by atoms with van der Waals surface area (Å²) in [6.45, 7) is 2.58. The average Bonchev–Trinajstić information content (AvgIpc) is 2.86. The predicted octanol–water partition coefficient (Wildman–Crippen LogP) is 3.81. The highest BCUT2D eigenvalue weighted by Crippen LogP contribution is 2.28. The number of nitrogens with zero attached hydrogens (tertiary/aromatic N) is 4. The SMILES string of the molecule is CNC(=O)c1c(F)cnc2c([C@H](C)CNc3cc(-c4ccc(OC)nc4)ncn3)cccc12. The summed E-state index contributed by atoms with van der Waals surface area (Å²) >= 11 is 0. The van der Waals surface area contributed by atoms with E-state index in [-0.39, 0.29) is 11.5 Å². The molecule has 4 aromatic rings. The van der Waals surface area contributed by atoms with Gasteiger partial charge in [-0.25, -0.2) is 19.3 Å². The number of halogens is 1. The summed E-state index contributed by atoms with van der Waals surface area (Å²) < 4.78 is 19.4. The summed E-state index contributed by atoms with van der Waals surface area (Å²) in [6, 6.07) is 10.9. The maximum absolute atomic E-state index is 14.3. The van der Waals surface area contributed by atoms with E-state index in [9.17, 15) is 9.18 Å². The molecule has 9 heteroatoms. The molecule has 2 N–H and O–H groups in total. The Balaban J connectivity index is 1.56. The molecule has 168 valence electrons. The fourth-order valence-electron chi connectivity index (χ4n) is 3.61. The lowest BCUT2D eigenvalue weighted by molar-refractivity contribution is 0.0960. The van der Waals surface area contributed by atoms with Crippen molar-refractivity contribution >= 4 is 22.6 Å². The first kappa shape index (κ1) is 22.1. The Morgan fingerprint density at radius 1 is 1.12 bits per heavy atom. The summed E-state index contributed by atoms with van der Waals surface area (Å²) in [4.78, 5) is 29.3. The molecule has 0 aliphatic rings. The number of rotatable bonds is 7. The predicted molar refractivity (Wildman–Crippen MR) is 124 cm³/mol. The molecular weight excluding hydrogens is 423 g/mol. The van der Waals surface area contributed by atoms with Gasteiger partial charge in [-0.2, -0.15) is 0 Å². The van der Waals surface area contributed by atoms with Crippen molar-refractivity contribution in [1.82, 2.24) is 25.3 Å². The summed E-state index contributed by atoms with van der Waals surface area (Å²) in [5, 5.41) is 6.29. The highest BCUT2D eigenvalue weighted by atomic mass is 19.1. The molecular formula is C24H23FN6O2. The van der Waals surface area contributed by atoms with Gasteiger partial charge in [0.2, 0.25) is 5.88 Å². The van der Waals surface area contributed by atoms with Crippen molar-refractivity contribution in [2.45, 2.75) is 12.8 Å². The number of benzene rings is 1. The van der Waals surface area contributed by atoms with Crippen LogP contribution in [-0.2, 0) is 0 Å². The van der Waals surface area contributed by atoms with Gasteiger partial charge in [0.15, 0.2) is 5.82 Å². The number of hydrogen-bond acceptors (Lipinski definition) is 7. The zero-order valence-corrected chi connectivity index (χ0v) is 18.5. The first-order valence-electron chi connectivity index (χ1n) is 10.4. The van der Waals surface area contributed by atoms with Crippen molar-refractivity contribution in [1.29, 1.82) is 0 Å². The number of amides is 1. The number of fused-ring (bicyclic) bond motifs is 1. The van der Waals surface area contributed by atoms with E-state index in [1.165, 1.54) is 13.4 Å². The molecule has 0 bridgehead atoms. The fourth-order valence-corrected chi connectivity index (χ4v) is 3.61. The van der Waals surface area contributed by atoms with Gasteiger partial charge in [0.1, 0.15) is 12.1 Å². The standard InChI is InChI=1S/C24H23FN6O2/c1-14(16-5-4-6-17-22(24(32)26-2)18(25)12-29-23(16)17)10-27-20-9-19(30-13-31-20)15-7-8-21(33-3)28-11-15/h4-9,11-14H,10H2,1-3H3,(H,26,32)(H,27,30,31)/t14-/m1/s1. The zero-order chi connectivity index (χ0) is 23.4. The summed E-state index contributed by atoms with van der Waals surface area (Å²) in [6.07, 6.45) is 4.28. The Morgan fingerprint density at radius 2 is 1.97 bits per heavy atom. The van der Waals surface area contributed by atoms with Gasteiger partial charge in [-0.15, -0.1) is 0 Å². The van der Waals surface area contributed by atoms with Crippen LogP contribution in [0.2, 0.25) is 0 Å². The molecule has 4 rings (SSSR count). The third-order valence-corrected chi connectivity index (χ3v) is 5.37. The van der Waals surface area contributed by atoms with Crippen LogP contribution in [0.4, 0.5) is 10.2 Å². The lowest BCUT2D eigenvalue weighted by Crippen LogP contribution is -2.20. The molecule has 1 amide bonds. The minimum Gasteiger partial charge on any atom is -0.481 e. The number of carbonyl (C=O) groups is 1. The smallest absolute Gasteiger partial charge is 0.254 e. The Morgan fingerprint density at radius 3 is 2.70 bits per heavy atom. The van der Waals surface area contributed by atoms with E-state index >= 15 is 0 Å². The Kier molecular flexibility index (Phi) is 6.39. The van der Waals surface area contributed by atoms with Gasteiger partial charge in [-0.05, 0) is 11.6 Å². The molecule has 3 heterocycles. The second-order valence-corrected chi connectivity index (χ2v) is 7.46. The van der Waals surface area contributed by atoms with E-state index in [1.54, 1.807) is 31.5 Å². The van der Waals surface area contributed by atoms with Crippen molar-refractivity contribution in [3.05, 3.63) is 72.1 Å². The second kappa shape index (κ2) is 9.56. The van der Waals surface area contributed by atoms with Gasteiger partial charge >= 0.3 is 0 Å². The van der Waals surface area contributed by atoms with Crippen LogP contribution < -0.4 is 15.4 Å². The van der Waals surface area contributed by atoms with Crippen molar-refractivity contribution < 1.29 is 13.9 Å². The normalized spacial score (nSPS) is 11.8. The molecule has 0 radical (unpaired) electrons. The van der Waals surface area contributed by atoms with Crippen molar-refractivity contribution in [2.75, 3.05) is 26.0 Å². The molecule has 0 aliphatic carbocycles. The minimum absolute atomic E-state index is 0.00180. The highest BCUT2D eigenvalue weighted by molar-refractivity contribution is 6.06. The summed E-state index contributed by atoms with van der Waals surface area (Å²) in [5.41, 5.74) is 3.07. The Bertz CT molecular complexity index is 1300. The highest BCUT2D eigenvalue weighted by Gasteiger charge is 2.19. The Hall–Kier alpha value is -4.14. The molecule has 1 atom stereocenters. The van der Waals surface area contributed by atoms with Gasteiger partial charge in [0, 0.05) is 48.8 Å². The number of para-hydroxylation sites is 1. The topological polar surface area (TPSA) is 102 Å². The van der Waals surface area contributed by atoms with Crippen molar-refractivity contribution in [3.63, 3.8) is 0 Å². The van der Waals surface area contributed by atoms with Gasteiger partial charge in [0.25, 0.3) is 5.91 Å². The molecule has 0 aliphatic heterocycles. The van der Waals surface area contributed by atoms with E-state index in [0.29, 0.717) is 29.1 Å². The van der Waals surface area contributed by atoms with Crippen LogP contribution in [0.3, 0.4) is 0 Å². The molecule has 1 aromatic carbocycles. The molecule has 0 unspecified atom stereocenters. The molecule has 33 heavy (non-hydrogen) atoms. The van der Waals surface area contributed by atoms with Gasteiger partial charge in [-0.3, -0.25) is 9.78 Å². The zero-order valence-electron chi connectivity index (χ0n) is 18.5. The minimum atomic E-state index is -0.647. The molecule has 0 saturated carbocycles. The lowest BCUT2D eigenvalue weighted by Gasteiger charge is -2.17. The van der Waals surface area contributed by atoms with Crippen LogP contribution in [0.25, 0.3) is 22.2 Å². The molecule has 0 spiro atoms. The van der Waals surface area contributed by atoms with E-state index in [0.717, 1.165) is 23.0 Å². The number of anilines is 1. The van der Waals surface area contributed by atoms with Crippen LogP contribution in [0.15, 0.2) is 55.1 Å². The Labute approximate surface area is 190 Å². The maximum Gasteiger partial charge on any atom is 0.254 e. The molecule has 3 aromatic heterocycles. The first-order chi connectivity index (χ1) is 16.0. The van der Waals surface area contributed by atoms with Gasteiger partial charge in [0.05, 0.1) is 30.1 Å². The number of hydrogen-bond donors (Lipinski definition) is 2. The van der Waals surface area contributed by atoms with Crippen LogP contribution in [0.1, 0.15) is 28.8 Å². The van der Waals surface area contributed by atoms with E-state index in [1.807, 2.05) is 25.1 Å². The maximum atomic E-state index is 14.3. The molecule has 8 nitrogen and oxygen atoms in total. The van der Waals surface area contributed by atoms with Gasteiger partial charge < -0.3 is 15.4 Å². The third kappa shape index (κ3) is 4.57. The van der Waals surface area contributed by atoms with Crippen LogP contribution in [-0.4, -0.2) is 46.5 Å². The molecule has 0 saturated heterocycles. The largest absolute Gasteiger partial charge is 0.481 e. The van der Waals surface area contributed by atoms with Crippen LogP contribution in [0.5, 0.6) is 5.88 Å². The van der Waals surface area contributed by atoms with Crippen LogP contribution >= 0.6 is 0 Å². The number of ether oxygens (including phenoxy) is 1. The number of aromatic nitrogens is 4. The van der Waals surface area contributed by atoms with E-state index in [4.69, 9.17) is 4.74 Å². The second-order valence-electron chi connectivity index (χ2n) is 7.46. The number of carbonyl (C=O) groups excluding carboxylic acids is 1. The monoisotopic (exact) mass is 446 g/mol. The van der Waals surface area contributed by atoms with E-state index in [2.05, 4.69) is 30.6 Å². The number of methoxy groups -OCH3 is 1. The van der Waals surface area contributed by atoms with Crippen molar-refractivity contribution in [2.24, 2.45) is 0 Å². The lowest BCUT2D eigenvalue weighted by atomic mass is 9.96. The van der Waals surface area contributed by atoms with E-state index < -0.39 is 11.7 Å². The number of pyridine rings is 2. The summed E-state index contributed by atoms with van der Waals surface area (Å²) in [5.74, 6) is 0.0667. The van der Waals surface area contributed by atoms with Crippen molar-refractivity contribution in [3.8, 4) is 17.1 Å². The van der Waals surface area contributed by atoms with Crippen LogP contribution in [0, 0.1) is 5.82 Å². The fraction of sp³-hybridized carbons (Fsp3) is 0.208. The number of nitrogens with one attached hydrogen (secondary N) is 2. The average molecular weight is 446 g/mol. The van der Waals surface area contributed by atoms with Gasteiger partial charge in [-0.1, -0.05) is 25.1 Å². The summed E-state index contributed by atoms with van der Waals surface area (Å²) in [7, 11) is 3.04.